The predicted molar refractivity (Wildman–Crippen MR) is 71.2 cm³/mol. The van der Waals surface area contributed by atoms with E-state index in [9.17, 15) is 4.79 Å². The number of nitrogens with zero attached hydrogens (tertiary/aromatic N) is 3. The number of ether oxygens (including phenoxy) is 1. The number of esters is 1. The van der Waals surface area contributed by atoms with Crippen LogP contribution in [0.1, 0.15) is 35.9 Å². The molecule has 0 spiro atoms. The summed E-state index contributed by atoms with van der Waals surface area (Å²) >= 11 is 6.14. The average molecular weight is 280 g/mol. The van der Waals surface area contributed by atoms with Crippen molar-refractivity contribution < 1.29 is 9.53 Å². The van der Waals surface area contributed by atoms with Crippen LogP contribution in [-0.2, 0) is 4.74 Å². The first kappa shape index (κ1) is 13.5. The number of benzene rings is 1. The maximum atomic E-state index is 11.6. The van der Waals surface area contributed by atoms with Gasteiger partial charge in [-0.2, -0.15) is 0 Å². The van der Waals surface area contributed by atoms with Crippen LogP contribution in [0.3, 0.4) is 0 Å². The topological polar surface area (TPSA) is 57.0 Å². The molecule has 0 aliphatic rings. The molecule has 0 amide bonds. The van der Waals surface area contributed by atoms with E-state index in [1.165, 1.54) is 4.68 Å². The number of carbonyl (C=O) groups excluding carboxylic acids is 1. The van der Waals surface area contributed by atoms with Crippen molar-refractivity contribution in [3.8, 4) is 0 Å². The summed E-state index contributed by atoms with van der Waals surface area (Å²) < 4.78 is 6.37. The maximum absolute atomic E-state index is 11.6. The fraction of sp³-hybridized carbons (Fsp3) is 0.308. The van der Waals surface area contributed by atoms with Gasteiger partial charge in [0.1, 0.15) is 0 Å². The molecular formula is C13H14ClN3O2. The standard InChI is InChI=1S/C13H14ClN3O2/c1-3-19-13(18)11-12(14)17(16-15-11)9(2)10-7-5-4-6-8-10/h4-9H,3H2,1-2H3/t9-/m1/s1. The second kappa shape index (κ2) is 5.84. The second-order valence-electron chi connectivity index (χ2n) is 3.98. The van der Waals surface area contributed by atoms with E-state index in [0.717, 1.165) is 5.56 Å². The molecule has 100 valence electrons. The Morgan fingerprint density at radius 2 is 2.11 bits per heavy atom. The molecule has 0 fully saturated rings. The Balaban J connectivity index is 2.29. The molecule has 2 aromatic rings. The summed E-state index contributed by atoms with van der Waals surface area (Å²) in [6.45, 7) is 3.93. The van der Waals surface area contributed by atoms with Gasteiger partial charge in [0, 0.05) is 0 Å². The van der Waals surface area contributed by atoms with Gasteiger partial charge in [-0.3, -0.25) is 0 Å². The van der Waals surface area contributed by atoms with Crippen LogP contribution in [0.15, 0.2) is 30.3 Å². The Bertz CT molecular complexity index is 569. The summed E-state index contributed by atoms with van der Waals surface area (Å²) in [5.74, 6) is -0.556. The SMILES string of the molecule is CCOC(=O)c1nnn([C@H](C)c2ccccc2)c1Cl. The fourth-order valence-corrected chi connectivity index (χ4v) is 2.02. The van der Waals surface area contributed by atoms with Gasteiger partial charge in [0.25, 0.3) is 0 Å². The van der Waals surface area contributed by atoms with Gasteiger partial charge in [-0.25, -0.2) is 9.48 Å². The predicted octanol–water partition coefficient (Wildman–Crippen LogP) is 2.72. The molecule has 19 heavy (non-hydrogen) atoms. The van der Waals surface area contributed by atoms with Crippen LogP contribution in [0.25, 0.3) is 0 Å². The fourth-order valence-electron chi connectivity index (χ4n) is 1.73. The highest BCUT2D eigenvalue weighted by molar-refractivity contribution is 6.32. The van der Waals surface area contributed by atoms with Gasteiger partial charge in [-0.1, -0.05) is 47.1 Å². The molecule has 1 heterocycles. The summed E-state index contributed by atoms with van der Waals surface area (Å²) in [5.41, 5.74) is 1.08. The Kier molecular flexibility index (Phi) is 4.16. The Hall–Kier alpha value is -1.88. The van der Waals surface area contributed by atoms with E-state index in [1.807, 2.05) is 37.3 Å². The molecule has 0 aliphatic carbocycles. The minimum absolute atomic E-state index is 0.0475. The minimum Gasteiger partial charge on any atom is -0.461 e. The molecule has 0 aliphatic heterocycles. The monoisotopic (exact) mass is 279 g/mol. The summed E-state index contributed by atoms with van der Waals surface area (Å²) in [5, 5.41) is 7.91. The Morgan fingerprint density at radius 1 is 1.42 bits per heavy atom. The van der Waals surface area contributed by atoms with Gasteiger partial charge < -0.3 is 4.74 Å². The third kappa shape index (κ3) is 2.76. The molecule has 1 atom stereocenters. The van der Waals surface area contributed by atoms with E-state index in [0.29, 0.717) is 0 Å². The summed E-state index contributed by atoms with van der Waals surface area (Å²) in [6.07, 6.45) is 0. The lowest BCUT2D eigenvalue weighted by atomic mass is 10.1. The number of halogens is 1. The van der Waals surface area contributed by atoms with Crippen molar-refractivity contribution in [1.82, 2.24) is 15.0 Å². The molecule has 1 aromatic heterocycles. The first-order valence-electron chi connectivity index (χ1n) is 5.98. The molecule has 5 nitrogen and oxygen atoms in total. The lowest BCUT2D eigenvalue weighted by molar-refractivity contribution is 0.0519. The number of hydrogen-bond acceptors (Lipinski definition) is 4. The molecule has 0 N–H and O–H groups in total. The molecule has 2 rings (SSSR count). The highest BCUT2D eigenvalue weighted by Gasteiger charge is 2.22. The van der Waals surface area contributed by atoms with E-state index in [1.54, 1.807) is 6.92 Å². The first-order chi connectivity index (χ1) is 9.15. The van der Waals surface area contributed by atoms with Gasteiger partial charge in [0.2, 0.25) is 5.69 Å². The van der Waals surface area contributed by atoms with E-state index in [4.69, 9.17) is 16.3 Å². The lowest BCUT2D eigenvalue weighted by Gasteiger charge is -2.12. The summed E-state index contributed by atoms with van der Waals surface area (Å²) in [7, 11) is 0. The maximum Gasteiger partial charge on any atom is 0.362 e. The van der Waals surface area contributed by atoms with E-state index >= 15 is 0 Å². The van der Waals surface area contributed by atoms with Crippen molar-refractivity contribution in [2.75, 3.05) is 6.61 Å². The van der Waals surface area contributed by atoms with Gasteiger partial charge >= 0.3 is 5.97 Å². The smallest absolute Gasteiger partial charge is 0.362 e. The summed E-state index contributed by atoms with van der Waals surface area (Å²) in [4.78, 5) is 11.6. The molecule has 6 heteroatoms. The van der Waals surface area contributed by atoms with Crippen molar-refractivity contribution in [1.29, 1.82) is 0 Å². The van der Waals surface area contributed by atoms with Crippen molar-refractivity contribution in [3.63, 3.8) is 0 Å². The summed E-state index contributed by atoms with van der Waals surface area (Å²) in [6, 6.07) is 9.62. The third-order valence-corrected chi connectivity index (χ3v) is 3.11. The van der Waals surface area contributed by atoms with Crippen molar-refractivity contribution in [2.24, 2.45) is 0 Å². The Labute approximate surface area is 116 Å². The highest BCUT2D eigenvalue weighted by atomic mass is 35.5. The van der Waals surface area contributed by atoms with Crippen molar-refractivity contribution in [3.05, 3.63) is 46.7 Å². The van der Waals surface area contributed by atoms with Crippen LogP contribution in [0, 0.1) is 0 Å². The van der Waals surface area contributed by atoms with Gasteiger partial charge in [-0.15, -0.1) is 5.10 Å². The van der Waals surface area contributed by atoms with Crippen molar-refractivity contribution >= 4 is 17.6 Å². The minimum atomic E-state index is -0.556. The molecule has 0 radical (unpaired) electrons. The molecule has 0 saturated heterocycles. The first-order valence-corrected chi connectivity index (χ1v) is 6.35. The lowest BCUT2D eigenvalue weighted by Crippen LogP contribution is -2.10. The number of aromatic nitrogens is 3. The zero-order valence-corrected chi connectivity index (χ0v) is 11.5. The average Bonchev–Trinajstić information content (AvgIpc) is 2.81. The number of hydrogen-bond donors (Lipinski definition) is 0. The van der Waals surface area contributed by atoms with Crippen LogP contribution in [0.5, 0.6) is 0 Å². The molecule has 0 bridgehead atoms. The van der Waals surface area contributed by atoms with E-state index in [2.05, 4.69) is 10.3 Å². The van der Waals surface area contributed by atoms with E-state index < -0.39 is 5.97 Å². The van der Waals surface area contributed by atoms with Crippen LogP contribution < -0.4 is 0 Å². The van der Waals surface area contributed by atoms with Crippen LogP contribution in [-0.4, -0.2) is 27.6 Å². The zero-order valence-electron chi connectivity index (χ0n) is 10.7. The molecule has 0 unspecified atom stereocenters. The Morgan fingerprint density at radius 3 is 2.74 bits per heavy atom. The second-order valence-corrected chi connectivity index (χ2v) is 4.34. The van der Waals surface area contributed by atoms with Gasteiger partial charge in [0.05, 0.1) is 12.6 Å². The van der Waals surface area contributed by atoms with E-state index in [-0.39, 0.29) is 23.5 Å². The number of rotatable bonds is 4. The molecular weight excluding hydrogens is 266 g/mol. The molecule has 0 saturated carbocycles. The largest absolute Gasteiger partial charge is 0.461 e. The van der Waals surface area contributed by atoms with Gasteiger partial charge in [0.15, 0.2) is 5.15 Å². The number of carbonyl (C=O) groups is 1. The quantitative estimate of drug-likeness (QED) is 0.808. The molecule has 1 aromatic carbocycles. The third-order valence-electron chi connectivity index (χ3n) is 2.76. The highest BCUT2D eigenvalue weighted by Crippen LogP contribution is 2.23. The van der Waals surface area contributed by atoms with Crippen molar-refractivity contribution in [2.45, 2.75) is 19.9 Å². The normalized spacial score (nSPS) is 12.2. The zero-order chi connectivity index (χ0) is 13.8. The van der Waals surface area contributed by atoms with Crippen LogP contribution in [0.2, 0.25) is 5.15 Å². The van der Waals surface area contributed by atoms with Crippen LogP contribution in [0.4, 0.5) is 0 Å². The van der Waals surface area contributed by atoms with Crippen LogP contribution >= 0.6 is 11.6 Å². The van der Waals surface area contributed by atoms with Gasteiger partial charge in [-0.05, 0) is 19.4 Å².